The highest BCUT2D eigenvalue weighted by Crippen LogP contribution is 2.24. The molecule has 3 aromatic rings. The fraction of sp³-hybridized carbons (Fsp3) is 0.263. The lowest BCUT2D eigenvalue weighted by atomic mass is 10.1. The van der Waals surface area contributed by atoms with Gasteiger partial charge in [-0.25, -0.2) is 14.5 Å². The average Bonchev–Trinajstić information content (AvgIpc) is 3.05. The lowest BCUT2D eigenvalue weighted by molar-refractivity contribution is 0.0526. The third-order valence-corrected chi connectivity index (χ3v) is 3.83. The van der Waals surface area contributed by atoms with Gasteiger partial charge in [-0.05, 0) is 50.5 Å². The topological polar surface area (TPSA) is 81.9 Å². The molecule has 26 heavy (non-hydrogen) atoms. The van der Waals surface area contributed by atoms with E-state index in [0.29, 0.717) is 11.8 Å². The molecule has 2 heterocycles. The molecule has 134 valence electrons. The molecule has 7 nitrogen and oxygen atoms in total. The largest absolute Gasteiger partial charge is 0.462 e. The molecule has 0 aliphatic rings. The summed E-state index contributed by atoms with van der Waals surface area (Å²) in [5.41, 5.74) is 4.29. The van der Waals surface area contributed by atoms with Crippen molar-refractivity contribution in [3.8, 4) is 5.95 Å². The van der Waals surface area contributed by atoms with E-state index in [1.807, 2.05) is 45.2 Å². The molecule has 0 aliphatic heterocycles. The number of aryl methyl sites for hydroxylation is 3. The number of benzene rings is 1. The fourth-order valence-corrected chi connectivity index (χ4v) is 2.46. The molecule has 0 saturated heterocycles. The van der Waals surface area contributed by atoms with Gasteiger partial charge in [0.25, 0.3) is 5.95 Å². The van der Waals surface area contributed by atoms with Crippen LogP contribution in [0.5, 0.6) is 0 Å². The Morgan fingerprint density at radius 1 is 1.19 bits per heavy atom. The zero-order valence-corrected chi connectivity index (χ0v) is 15.3. The summed E-state index contributed by atoms with van der Waals surface area (Å²) in [4.78, 5) is 21.1. The number of hydrogen-bond acceptors (Lipinski definition) is 6. The van der Waals surface area contributed by atoms with Crippen LogP contribution >= 0.6 is 0 Å². The van der Waals surface area contributed by atoms with Crippen LogP contribution in [0.1, 0.15) is 34.0 Å². The number of rotatable bonds is 5. The number of esters is 1. The Morgan fingerprint density at radius 3 is 2.69 bits per heavy atom. The Hall–Kier alpha value is -3.22. The quantitative estimate of drug-likeness (QED) is 0.709. The van der Waals surface area contributed by atoms with Crippen molar-refractivity contribution in [3.63, 3.8) is 0 Å². The first-order valence-electron chi connectivity index (χ1n) is 8.38. The van der Waals surface area contributed by atoms with E-state index in [9.17, 15) is 4.79 Å². The molecule has 1 N–H and O–H groups in total. The molecule has 0 saturated carbocycles. The second-order valence-electron chi connectivity index (χ2n) is 6.06. The molecule has 0 atom stereocenters. The van der Waals surface area contributed by atoms with Crippen molar-refractivity contribution in [2.75, 3.05) is 11.9 Å². The number of anilines is 2. The third-order valence-electron chi connectivity index (χ3n) is 3.83. The minimum absolute atomic E-state index is 0.278. The maximum absolute atomic E-state index is 12.3. The van der Waals surface area contributed by atoms with Gasteiger partial charge in [0, 0.05) is 18.1 Å². The zero-order chi connectivity index (χ0) is 18.7. The van der Waals surface area contributed by atoms with E-state index in [2.05, 4.69) is 20.4 Å². The normalized spacial score (nSPS) is 10.6. The van der Waals surface area contributed by atoms with Crippen molar-refractivity contribution >= 4 is 17.5 Å². The molecule has 3 rings (SSSR count). The molecule has 2 aromatic heterocycles. The van der Waals surface area contributed by atoms with Gasteiger partial charge in [0.2, 0.25) is 0 Å². The Labute approximate surface area is 152 Å². The van der Waals surface area contributed by atoms with Crippen molar-refractivity contribution in [1.82, 2.24) is 19.7 Å². The number of hydrogen-bond donors (Lipinski definition) is 1. The molecular formula is C19H21N5O2. The molecule has 1 aromatic carbocycles. The smallest absolute Gasteiger partial charge is 0.343 e. The first-order chi connectivity index (χ1) is 12.5. The molecule has 0 bridgehead atoms. The number of aromatic nitrogens is 4. The molecule has 0 aliphatic carbocycles. The van der Waals surface area contributed by atoms with Crippen molar-refractivity contribution in [1.29, 1.82) is 0 Å². The van der Waals surface area contributed by atoms with Crippen molar-refractivity contribution < 1.29 is 9.53 Å². The first kappa shape index (κ1) is 17.6. The van der Waals surface area contributed by atoms with Crippen molar-refractivity contribution in [2.45, 2.75) is 27.7 Å². The minimum Gasteiger partial charge on any atom is -0.462 e. The summed E-state index contributed by atoms with van der Waals surface area (Å²) >= 11 is 0. The third kappa shape index (κ3) is 3.72. The van der Waals surface area contributed by atoms with Crippen LogP contribution in [0.25, 0.3) is 5.95 Å². The summed E-state index contributed by atoms with van der Waals surface area (Å²) in [5, 5.41) is 7.47. The second kappa shape index (κ2) is 7.35. The van der Waals surface area contributed by atoms with Gasteiger partial charge in [-0.3, -0.25) is 0 Å². The van der Waals surface area contributed by atoms with Crippen LogP contribution in [0.4, 0.5) is 11.5 Å². The summed E-state index contributed by atoms with van der Waals surface area (Å²) in [5.74, 6) is 0.290. The number of carbonyl (C=O) groups excluding carboxylic acids is 1. The first-order valence-corrected chi connectivity index (χ1v) is 8.38. The number of nitrogens with zero attached hydrogens (tertiary/aromatic N) is 4. The Kier molecular flexibility index (Phi) is 4.97. The van der Waals surface area contributed by atoms with Gasteiger partial charge in [-0.15, -0.1) is 0 Å². The van der Waals surface area contributed by atoms with Crippen LogP contribution < -0.4 is 5.32 Å². The van der Waals surface area contributed by atoms with E-state index in [1.54, 1.807) is 17.8 Å². The maximum atomic E-state index is 12.3. The number of nitrogens with one attached hydrogen (secondary N) is 1. The highest BCUT2D eigenvalue weighted by atomic mass is 16.5. The molecule has 7 heteroatoms. The van der Waals surface area contributed by atoms with Gasteiger partial charge in [0.15, 0.2) is 5.82 Å². The van der Waals surface area contributed by atoms with Crippen LogP contribution in [0.2, 0.25) is 0 Å². The molecule has 0 spiro atoms. The predicted molar refractivity (Wildman–Crippen MR) is 99.0 cm³/mol. The Bertz CT molecular complexity index is 949. The summed E-state index contributed by atoms with van der Waals surface area (Å²) in [7, 11) is 0. The zero-order valence-electron chi connectivity index (χ0n) is 15.3. The lowest BCUT2D eigenvalue weighted by Gasteiger charge is -2.14. The van der Waals surface area contributed by atoms with Crippen LogP contribution in [-0.4, -0.2) is 32.3 Å². The van der Waals surface area contributed by atoms with E-state index in [0.717, 1.165) is 22.4 Å². The van der Waals surface area contributed by atoms with Crippen molar-refractivity contribution in [2.24, 2.45) is 0 Å². The molecule has 0 unspecified atom stereocenters. The van der Waals surface area contributed by atoms with E-state index >= 15 is 0 Å². The van der Waals surface area contributed by atoms with Gasteiger partial charge in [0.05, 0.1) is 12.8 Å². The van der Waals surface area contributed by atoms with Crippen molar-refractivity contribution in [3.05, 3.63) is 59.0 Å². The summed E-state index contributed by atoms with van der Waals surface area (Å²) in [6.07, 6.45) is 5.01. The minimum atomic E-state index is -0.469. The molecule has 0 amide bonds. The second-order valence-corrected chi connectivity index (χ2v) is 6.06. The van der Waals surface area contributed by atoms with E-state index in [4.69, 9.17) is 4.74 Å². The summed E-state index contributed by atoms with van der Waals surface area (Å²) in [6.45, 7) is 7.98. The highest BCUT2D eigenvalue weighted by molar-refractivity contribution is 5.95. The average molecular weight is 351 g/mol. The Morgan fingerprint density at radius 2 is 2.00 bits per heavy atom. The van der Waals surface area contributed by atoms with E-state index in [-0.39, 0.29) is 12.2 Å². The van der Waals surface area contributed by atoms with Crippen LogP contribution in [0.3, 0.4) is 0 Å². The van der Waals surface area contributed by atoms with Crippen LogP contribution in [0.15, 0.2) is 36.8 Å². The summed E-state index contributed by atoms with van der Waals surface area (Å²) in [6, 6.07) is 6.05. The van der Waals surface area contributed by atoms with E-state index < -0.39 is 5.97 Å². The van der Waals surface area contributed by atoms with Gasteiger partial charge >= 0.3 is 5.97 Å². The lowest BCUT2D eigenvalue weighted by Crippen LogP contribution is -2.13. The molecular weight excluding hydrogens is 330 g/mol. The van der Waals surface area contributed by atoms with E-state index in [1.165, 1.54) is 6.20 Å². The predicted octanol–water partition coefficient (Wildman–Crippen LogP) is 3.51. The molecule has 0 radical (unpaired) electrons. The van der Waals surface area contributed by atoms with Gasteiger partial charge in [-0.1, -0.05) is 12.1 Å². The van der Waals surface area contributed by atoms with Gasteiger partial charge < -0.3 is 10.1 Å². The maximum Gasteiger partial charge on any atom is 0.343 e. The SMILES string of the molecule is CCOC(=O)c1cnc(-n2cc(C)cn2)nc1Nc1cc(C)ccc1C. The monoisotopic (exact) mass is 351 g/mol. The number of ether oxygens (including phenoxy) is 1. The number of carbonyl (C=O) groups is 1. The fourth-order valence-electron chi connectivity index (χ4n) is 2.46. The Balaban J connectivity index is 2.06. The van der Waals surface area contributed by atoms with Gasteiger partial charge in [-0.2, -0.15) is 10.1 Å². The van der Waals surface area contributed by atoms with Crippen LogP contribution in [-0.2, 0) is 4.74 Å². The molecule has 0 fully saturated rings. The van der Waals surface area contributed by atoms with Crippen LogP contribution in [0, 0.1) is 20.8 Å². The highest BCUT2D eigenvalue weighted by Gasteiger charge is 2.18. The van der Waals surface area contributed by atoms with Gasteiger partial charge in [0.1, 0.15) is 5.56 Å². The standard InChI is InChI=1S/C19H21N5O2/c1-5-26-18(25)15-10-20-19(24-11-13(3)9-21-24)23-17(15)22-16-8-12(2)6-7-14(16)4/h6-11H,5H2,1-4H3,(H,20,22,23). The summed E-state index contributed by atoms with van der Waals surface area (Å²) < 4.78 is 6.70.